The molecule has 5 heteroatoms. The van der Waals surface area contributed by atoms with E-state index in [-0.39, 0.29) is 5.54 Å². The van der Waals surface area contributed by atoms with Gasteiger partial charge in [0.1, 0.15) is 0 Å². The van der Waals surface area contributed by atoms with Crippen LogP contribution in [0.25, 0.3) is 0 Å². The molecule has 0 aliphatic carbocycles. The predicted octanol–water partition coefficient (Wildman–Crippen LogP) is 1.39. The minimum atomic E-state index is 0.229. The summed E-state index contributed by atoms with van der Waals surface area (Å²) in [5, 5.41) is 4.33. The molecule has 1 fully saturated rings. The van der Waals surface area contributed by atoms with E-state index in [1.807, 2.05) is 13.2 Å². The van der Waals surface area contributed by atoms with Crippen molar-refractivity contribution in [1.29, 1.82) is 0 Å². The van der Waals surface area contributed by atoms with E-state index in [0.29, 0.717) is 0 Å². The lowest BCUT2D eigenvalue weighted by Crippen LogP contribution is -2.57. The summed E-state index contributed by atoms with van der Waals surface area (Å²) in [7, 11) is 4.17. The van der Waals surface area contributed by atoms with Crippen LogP contribution in [0.5, 0.6) is 0 Å². The highest BCUT2D eigenvalue weighted by molar-refractivity contribution is 7.15. The molecule has 1 aromatic heterocycles. The first-order chi connectivity index (χ1) is 8.03. The van der Waals surface area contributed by atoms with E-state index in [4.69, 9.17) is 0 Å². The van der Waals surface area contributed by atoms with Crippen molar-refractivity contribution in [3.8, 4) is 0 Å². The monoisotopic (exact) mass is 254 g/mol. The van der Waals surface area contributed by atoms with Gasteiger partial charge in [-0.1, -0.05) is 0 Å². The minimum Gasteiger partial charge on any atom is -0.345 e. The van der Waals surface area contributed by atoms with Crippen LogP contribution in [0.2, 0.25) is 0 Å². The molecule has 2 rings (SSSR count). The molecule has 0 spiro atoms. The van der Waals surface area contributed by atoms with E-state index in [0.717, 1.165) is 31.3 Å². The van der Waals surface area contributed by atoms with Crippen molar-refractivity contribution >= 4 is 16.5 Å². The molecule has 0 amide bonds. The number of rotatable bonds is 3. The van der Waals surface area contributed by atoms with E-state index in [1.165, 1.54) is 4.88 Å². The van der Waals surface area contributed by atoms with Gasteiger partial charge in [0.25, 0.3) is 0 Å². The Labute approximate surface area is 108 Å². The van der Waals surface area contributed by atoms with E-state index < -0.39 is 0 Å². The van der Waals surface area contributed by atoms with E-state index in [9.17, 15) is 0 Å². The second kappa shape index (κ2) is 4.92. The molecular formula is C12H22N4S. The second-order valence-electron chi connectivity index (χ2n) is 5.30. The minimum absolute atomic E-state index is 0.229. The zero-order valence-corrected chi connectivity index (χ0v) is 12.0. The lowest BCUT2D eigenvalue weighted by atomic mass is 10.0. The van der Waals surface area contributed by atoms with Crippen molar-refractivity contribution in [2.24, 2.45) is 0 Å². The van der Waals surface area contributed by atoms with Gasteiger partial charge in [-0.25, -0.2) is 4.98 Å². The Morgan fingerprint density at radius 1 is 1.47 bits per heavy atom. The molecule has 1 aromatic rings. The molecule has 1 saturated heterocycles. The zero-order valence-electron chi connectivity index (χ0n) is 11.2. The summed E-state index contributed by atoms with van der Waals surface area (Å²) in [5.41, 5.74) is 0.229. The van der Waals surface area contributed by atoms with E-state index in [1.54, 1.807) is 11.3 Å². The number of piperazine rings is 1. The molecule has 17 heavy (non-hydrogen) atoms. The van der Waals surface area contributed by atoms with Crippen molar-refractivity contribution < 1.29 is 0 Å². The Hall–Kier alpha value is -0.650. The highest BCUT2D eigenvalue weighted by Crippen LogP contribution is 2.27. The van der Waals surface area contributed by atoms with Crippen molar-refractivity contribution in [2.45, 2.75) is 25.9 Å². The van der Waals surface area contributed by atoms with Crippen LogP contribution in [-0.2, 0) is 6.54 Å². The van der Waals surface area contributed by atoms with Crippen LogP contribution in [0.1, 0.15) is 18.7 Å². The van der Waals surface area contributed by atoms with Gasteiger partial charge in [-0.3, -0.25) is 4.90 Å². The van der Waals surface area contributed by atoms with Crippen LogP contribution in [0.4, 0.5) is 5.13 Å². The summed E-state index contributed by atoms with van der Waals surface area (Å²) in [6.07, 6.45) is 1.99. The molecule has 0 unspecified atom stereocenters. The third-order valence-corrected chi connectivity index (χ3v) is 4.54. The van der Waals surface area contributed by atoms with Crippen molar-refractivity contribution in [1.82, 2.24) is 15.2 Å². The Morgan fingerprint density at radius 3 is 2.88 bits per heavy atom. The molecule has 0 saturated carbocycles. The molecule has 1 N–H and O–H groups in total. The second-order valence-corrected chi connectivity index (χ2v) is 6.39. The number of nitrogens with one attached hydrogen (secondary N) is 1. The molecule has 2 heterocycles. The highest BCUT2D eigenvalue weighted by Gasteiger charge is 2.32. The topological polar surface area (TPSA) is 31.4 Å². The Bertz CT molecular complexity index is 374. The van der Waals surface area contributed by atoms with E-state index >= 15 is 0 Å². The first-order valence-electron chi connectivity index (χ1n) is 6.08. The van der Waals surface area contributed by atoms with Crippen LogP contribution in [0, 0.1) is 0 Å². The molecule has 1 aliphatic rings. The number of likely N-dealkylation sites (N-methyl/N-ethyl adjacent to an activating group) is 1. The third-order valence-electron chi connectivity index (χ3n) is 3.48. The molecule has 0 atom stereocenters. The molecule has 0 bridgehead atoms. The summed E-state index contributed by atoms with van der Waals surface area (Å²) < 4.78 is 0. The molecule has 0 aromatic carbocycles. The SMILES string of the molecule is CNCc1cnc(N2CCN(C)C(C)(C)C2)s1. The fraction of sp³-hybridized carbons (Fsp3) is 0.750. The summed E-state index contributed by atoms with van der Waals surface area (Å²) in [4.78, 5) is 10.7. The highest BCUT2D eigenvalue weighted by atomic mass is 32.1. The molecule has 4 nitrogen and oxygen atoms in total. The van der Waals surface area contributed by atoms with E-state index in [2.05, 4.69) is 41.0 Å². The summed E-state index contributed by atoms with van der Waals surface area (Å²) in [5.74, 6) is 0. The number of anilines is 1. The average molecular weight is 254 g/mol. The molecule has 0 radical (unpaired) electrons. The number of aromatic nitrogens is 1. The number of hydrogen-bond donors (Lipinski definition) is 1. The maximum Gasteiger partial charge on any atom is 0.185 e. The zero-order chi connectivity index (χ0) is 12.5. The van der Waals surface area contributed by atoms with Gasteiger partial charge in [0.05, 0.1) is 0 Å². The van der Waals surface area contributed by atoms with Crippen molar-refractivity contribution in [3.05, 3.63) is 11.1 Å². The molecular weight excluding hydrogens is 232 g/mol. The summed E-state index contributed by atoms with van der Waals surface area (Å²) in [6.45, 7) is 8.73. The Balaban J connectivity index is 2.07. The lowest BCUT2D eigenvalue weighted by molar-refractivity contribution is 0.139. The lowest BCUT2D eigenvalue weighted by Gasteiger charge is -2.45. The largest absolute Gasteiger partial charge is 0.345 e. The maximum atomic E-state index is 4.53. The first-order valence-corrected chi connectivity index (χ1v) is 6.90. The van der Waals surface area contributed by atoms with Crippen molar-refractivity contribution in [2.75, 3.05) is 38.6 Å². The Kier molecular flexibility index (Phi) is 3.70. The van der Waals surface area contributed by atoms with Crippen molar-refractivity contribution in [3.63, 3.8) is 0 Å². The number of nitrogens with zero attached hydrogens (tertiary/aromatic N) is 3. The van der Waals surface area contributed by atoms with Gasteiger partial charge in [0.2, 0.25) is 0 Å². The van der Waals surface area contributed by atoms with Gasteiger partial charge >= 0.3 is 0 Å². The standard InChI is InChI=1S/C12H22N4S/c1-12(2)9-16(6-5-15(12)4)11-14-8-10(17-11)7-13-3/h8,13H,5-7,9H2,1-4H3. The maximum absolute atomic E-state index is 4.53. The summed E-state index contributed by atoms with van der Waals surface area (Å²) >= 11 is 1.80. The van der Waals surface area contributed by atoms with Gasteiger partial charge in [-0.05, 0) is 27.9 Å². The first kappa shape index (κ1) is 12.8. The van der Waals surface area contributed by atoms with Crippen LogP contribution < -0.4 is 10.2 Å². The molecule has 1 aliphatic heterocycles. The van der Waals surface area contributed by atoms with Gasteiger partial charge in [0.15, 0.2) is 5.13 Å². The quantitative estimate of drug-likeness (QED) is 0.883. The smallest absolute Gasteiger partial charge is 0.185 e. The van der Waals surface area contributed by atoms with Crippen LogP contribution >= 0.6 is 11.3 Å². The predicted molar refractivity (Wildman–Crippen MR) is 73.8 cm³/mol. The third kappa shape index (κ3) is 2.78. The fourth-order valence-corrected chi connectivity index (χ4v) is 3.05. The normalized spacial score (nSPS) is 20.8. The fourth-order valence-electron chi connectivity index (χ4n) is 2.10. The van der Waals surface area contributed by atoms with Crippen LogP contribution in [0.15, 0.2) is 6.20 Å². The Morgan fingerprint density at radius 2 is 2.24 bits per heavy atom. The van der Waals surface area contributed by atoms with Crippen LogP contribution in [0.3, 0.4) is 0 Å². The average Bonchev–Trinajstić information content (AvgIpc) is 2.71. The van der Waals surface area contributed by atoms with Crippen LogP contribution in [-0.4, -0.2) is 49.2 Å². The van der Waals surface area contributed by atoms with Gasteiger partial charge < -0.3 is 10.2 Å². The summed E-state index contributed by atoms with van der Waals surface area (Å²) in [6, 6.07) is 0. The van der Waals surface area contributed by atoms with Gasteiger partial charge in [0, 0.05) is 42.8 Å². The molecule has 96 valence electrons. The van der Waals surface area contributed by atoms with Gasteiger partial charge in [-0.2, -0.15) is 0 Å². The van der Waals surface area contributed by atoms with Gasteiger partial charge in [-0.15, -0.1) is 11.3 Å². The number of hydrogen-bond acceptors (Lipinski definition) is 5. The number of thiazole rings is 1.